The number of rotatable bonds is 4. The average Bonchev–Trinajstić information content (AvgIpc) is 1.82. The first-order chi connectivity index (χ1) is 4.20. The molecule has 3 N–H and O–H groups in total. The molecule has 54 valence electrons. The number of carboxylic acids is 1. The van der Waals surface area contributed by atoms with Crippen LogP contribution in [0.4, 0.5) is 0 Å². The molecule has 0 rings (SSSR count). The second kappa shape index (κ2) is 4.29. The fourth-order valence-electron chi connectivity index (χ4n) is 0.458. The Bertz CT molecular complexity index is 90.2. The number of hydrogen-bond acceptors (Lipinski definition) is 3. The van der Waals surface area contributed by atoms with Gasteiger partial charge in [0.15, 0.2) is 0 Å². The molecule has 0 heterocycles. The first kappa shape index (κ1) is 8.39. The molecule has 1 atom stereocenters. The average molecular weight is 133 g/mol. The van der Waals surface area contributed by atoms with Crippen LogP contribution < -0.4 is 5.73 Å². The van der Waals surface area contributed by atoms with E-state index in [1.807, 2.05) is 0 Å². The fraction of sp³-hybridized carbons (Fsp3) is 0.800. The molecule has 0 aromatic heterocycles. The number of aliphatic carboxylic acids is 1. The molecule has 4 nitrogen and oxygen atoms in total. The molecule has 4 heteroatoms. The smallest absolute Gasteiger partial charge is 0.306 e. The Labute approximate surface area is 53.6 Å². The summed E-state index contributed by atoms with van der Waals surface area (Å²) in [6.45, 7) is 0.253. The molecule has 0 aliphatic carbocycles. The molecular formula is C5H11NO3. The van der Waals surface area contributed by atoms with Crippen LogP contribution in [0.2, 0.25) is 0 Å². The molecule has 0 amide bonds. The van der Waals surface area contributed by atoms with E-state index in [1.165, 1.54) is 7.11 Å². The minimum Gasteiger partial charge on any atom is -0.481 e. The summed E-state index contributed by atoms with van der Waals surface area (Å²) in [6, 6.07) is 0. The molecule has 0 saturated heterocycles. The number of nitrogens with two attached hydrogens (primary N) is 1. The third kappa shape index (κ3) is 3.93. The van der Waals surface area contributed by atoms with E-state index >= 15 is 0 Å². The molecule has 0 fully saturated rings. The third-order valence-electron chi connectivity index (χ3n) is 0.999. The Hall–Kier alpha value is -0.610. The van der Waals surface area contributed by atoms with Crippen molar-refractivity contribution in [2.75, 3.05) is 13.7 Å². The predicted octanol–water partition coefficient (Wildman–Crippen LogP) is -0.565. The Morgan fingerprint density at radius 2 is 2.44 bits per heavy atom. The lowest BCUT2D eigenvalue weighted by Crippen LogP contribution is -2.25. The van der Waals surface area contributed by atoms with Gasteiger partial charge in [0, 0.05) is 13.7 Å². The molecule has 0 aliphatic rings. The van der Waals surface area contributed by atoms with Crippen LogP contribution in [-0.2, 0) is 9.53 Å². The molecule has 9 heavy (non-hydrogen) atoms. The monoisotopic (exact) mass is 133 g/mol. The predicted molar refractivity (Wildman–Crippen MR) is 32.1 cm³/mol. The molecular weight excluding hydrogens is 122 g/mol. The Morgan fingerprint density at radius 1 is 1.89 bits per heavy atom. The molecule has 0 aromatic rings. The van der Waals surface area contributed by atoms with Crippen molar-refractivity contribution in [3.05, 3.63) is 0 Å². The lowest BCUT2D eigenvalue weighted by atomic mass is 10.2. The molecule has 0 spiro atoms. The summed E-state index contributed by atoms with van der Waals surface area (Å²) in [7, 11) is 1.44. The first-order valence-corrected chi connectivity index (χ1v) is 2.65. The lowest BCUT2D eigenvalue weighted by molar-refractivity contribution is -0.139. The van der Waals surface area contributed by atoms with Gasteiger partial charge in [-0.1, -0.05) is 0 Å². The third-order valence-corrected chi connectivity index (χ3v) is 0.999. The van der Waals surface area contributed by atoms with Gasteiger partial charge in [-0.25, -0.2) is 0 Å². The van der Waals surface area contributed by atoms with Crippen molar-refractivity contribution in [3.63, 3.8) is 0 Å². The number of carboxylic acid groups (broad SMARTS) is 1. The second-order valence-electron chi connectivity index (χ2n) is 1.69. The zero-order valence-corrected chi connectivity index (χ0v) is 5.33. The second-order valence-corrected chi connectivity index (χ2v) is 1.69. The Balaban J connectivity index is 3.43. The first-order valence-electron chi connectivity index (χ1n) is 2.65. The van der Waals surface area contributed by atoms with Gasteiger partial charge in [0.05, 0.1) is 12.5 Å². The summed E-state index contributed by atoms with van der Waals surface area (Å²) >= 11 is 0. The molecule has 0 radical (unpaired) electrons. The van der Waals surface area contributed by atoms with Crippen molar-refractivity contribution in [3.8, 4) is 0 Å². The highest BCUT2D eigenvalue weighted by Gasteiger charge is 2.08. The normalized spacial score (nSPS) is 13.1. The van der Waals surface area contributed by atoms with E-state index in [0.717, 1.165) is 0 Å². The van der Waals surface area contributed by atoms with E-state index in [2.05, 4.69) is 0 Å². The highest BCUT2D eigenvalue weighted by atomic mass is 16.5. The molecule has 0 aliphatic heterocycles. The van der Waals surface area contributed by atoms with Gasteiger partial charge in [0.2, 0.25) is 0 Å². The molecule has 0 aromatic carbocycles. The van der Waals surface area contributed by atoms with Crippen LogP contribution in [0.5, 0.6) is 0 Å². The number of methoxy groups -OCH3 is 1. The van der Waals surface area contributed by atoms with E-state index in [1.54, 1.807) is 0 Å². The van der Waals surface area contributed by atoms with Crippen molar-refractivity contribution in [1.82, 2.24) is 0 Å². The minimum atomic E-state index is -0.882. The maximum Gasteiger partial charge on any atom is 0.306 e. The van der Waals surface area contributed by atoms with Crippen LogP contribution in [0.25, 0.3) is 0 Å². The van der Waals surface area contributed by atoms with E-state index in [0.29, 0.717) is 0 Å². The Morgan fingerprint density at radius 3 is 2.56 bits per heavy atom. The molecule has 0 saturated carbocycles. The summed E-state index contributed by atoms with van der Waals surface area (Å²) < 4.78 is 4.70. The van der Waals surface area contributed by atoms with Crippen LogP contribution in [0, 0.1) is 0 Å². The van der Waals surface area contributed by atoms with E-state index < -0.39 is 5.97 Å². The maximum absolute atomic E-state index is 9.99. The van der Waals surface area contributed by atoms with E-state index in [4.69, 9.17) is 15.6 Å². The zero-order valence-electron chi connectivity index (χ0n) is 5.33. The summed E-state index contributed by atoms with van der Waals surface area (Å²) in [4.78, 5) is 9.99. The van der Waals surface area contributed by atoms with E-state index in [9.17, 15) is 4.79 Å². The molecule has 0 unspecified atom stereocenters. The van der Waals surface area contributed by atoms with Gasteiger partial charge in [-0.2, -0.15) is 0 Å². The summed E-state index contributed by atoms with van der Waals surface area (Å²) in [5, 5.41) is 8.21. The maximum atomic E-state index is 9.99. The number of carbonyl (C=O) groups is 1. The van der Waals surface area contributed by atoms with Gasteiger partial charge in [-0.05, 0) is 0 Å². The summed E-state index contributed by atoms with van der Waals surface area (Å²) in [6.07, 6.45) is -0.366. The lowest BCUT2D eigenvalue weighted by Gasteiger charge is -2.07. The van der Waals surface area contributed by atoms with Crippen LogP contribution in [-0.4, -0.2) is 30.8 Å². The highest BCUT2D eigenvalue weighted by Crippen LogP contribution is 1.92. The summed E-state index contributed by atoms with van der Waals surface area (Å²) in [5.41, 5.74) is 5.14. The van der Waals surface area contributed by atoms with Gasteiger partial charge >= 0.3 is 5.97 Å². The van der Waals surface area contributed by atoms with Gasteiger partial charge in [0.1, 0.15) is 0 Å². The van der Waals surface area contributed by atoms with Crippen LogP contribution in [0.15, 0.2) is 0 Å². The van der Waals surface area contributed by atoms with Crippen LogP contribution >= 0.6 is 0 Å². The number of ether oxygens (including phenoxy) is 1. The quantitative estimate of drug-likeness (QED) is 0.539. The zero-order chi connectivity index (χ0) is 7.28. The van der Waals surface area contributed by atoms with Gasteiger partial charge in [0.25, 0.3) is 0 Å². The SMILES string of the molecule is CO[C@@H](CN)CC(=O)O. The Kier molecular flexibility index (Phi) is 4.00. The van der Waals surface area contributed by atoms with Crippen LogP contribution in [0.3, 0.4) is 0 Å². The van der Waals surface area contributed by atoms with Crippen molar-refractivity contribution in [2.24, 2.45) is 5.73 Å². The topological polar surface area (TPSA) is 72.5 Å². The molecule has 0 bridgehead atoms. The highest BCUT2D eigenvalue weighted by molar-refractivity contribution is 5.67. The van der Waals surface area contributed by atoms with Crippen LogP contribution in [0.1, 0.15) is 6.42 Å². The van der Waals surface area contributed by atoms with Crippen molar-refractivity contribution < 1.29 is 14.6 Å². The van der Waals surface area contributed by atoms with Gasteiger partial charge in [-0.3, -0.25) is 4.79 Å². The fourth-order valence-corrected chi connectivity index (χ4v) is 0.458. The number of hydrogen-bond donors (Lipinski definition) is 2. The van der Waals surface area contributed by atoms with Gasteiger partial charge in [-0.15, -0.1) is 0 Å². The van der Waals surface area contributed by atoms with Crippen molar-refractivity contribution >= 4 is 5.97 Å². The summed E-state index contributed by atoms with van der Waals surface area (Å²) in [5.74, 6) is -0.882. The standard InChI is InChI=1S/C5H11NO3/c1-9-4(3-6)2-5(7)8/h4H,2-3,6H2,1H3,(H,7,8)/t4-/m1/s1. The van der Waals surface area contributed by atoms with E-state index in [-0.39, 0.29) is 19.1 Å². The van der Waals surface area contributed by atoms with Crippen molar-refractivity contribution in [1.29, 1.82) is 0 Å². The minimum absolute atomic E-state index is 0.0208. The van der Waals surface area contributed by atoms with Crippen molar-refractivity contribution in [2.45, 2.75) is 12.5 Å². The largest absolute Gasteiger partial charge is 0.481 e. The van der Waals surface area contributed by atoms with Gasteiger partial charge < -0.3 is 15.6 Å².